The molecule has 0 saturated carbocycles. The summed E-state index contributed by atoms with van der Waals surface area (Å²) < 4.78 is 1.68. The number of carbonyl (C=O) groups excluding carboxylic acids is 1. The van der Waals surface area contributed by atoms with Crippen molar-refractivity contribution in [1.29, 1.82) is 0 Å². The molecule has 0 aromatic carbocycles. The van der Waals surface area contributed by atoms with Gasteiger partial charge in [0.05, 0.1) is 11.2 Å². The lowest BCUT2D eigenvalue weighted by Gasteiger charge is -2.05. The van der Waals surface area contributed by atoms with Crippen LogP contribution in [0.1, 0.15) is 35.0 Å². The molecule has 0 amide bonds. The van der Waals surface area contributed by atoms with Crippen LogP contribution in [0.2, 0.25) is 5.02 Å². The second-order valence-corrected chi connectivity index (χ2v) is 5.01. The first-order valence-corrected chi connectivity index (χ1v) is 6.76. The van der Waals surface area contributed by atoms with Crippen LogP contribution in [-0.2, 0) is 6.54 Å². The second-order valence-electron chi connectivity index (χ2n) is 3.86. The van der Waals surface area contributed by atoms with Crippen LogP contribution in [0.4, 0.5) is 0 Å². The van der Waals surface area contributed by atoms with E-state index >= 15 is 0 Å². The number of nitrogens with zero attached hydrogens (tertiary/aromatic N) is 2. The van der Waals surface area contributed by atoms with Gasteiger partial charge in [-0.3, -0.25) is 9.48 Å². The Morgan fingerprint density at radius 1 is 1.53 bits per heavy atom. The summed E-state index contributed by atoms with van der Waals surface area (Å²) in [6.45, 7) is 4.68. The third-order valence-corrected chi connectivity index (χ3v) is 3.68. The summed E-state index contributed by atoms with van der Waals surface area (Å²) in [5.74, 6) is -0.0419. The van der Waals surface area contributed by atoms with E-state index in [1.54, 1.807) is 4.68 Å². The number of carbonyl (C=O) groups is 1. The summed E-state index contributed by atoms with van der Waals surface area (Å²) in [7, 11) is 0. The SMILES string of the molecule is CCCn1ncc(Cl)c1C(=O)c1cscc1C. The van der Waals surface area contributed by atoms with Crippen molar-refractivity contribution in [3.63, 3.8) is 0 Å². The van der Waals surface area contributed by atoms with E-state index in [0.717, 1.165) is 17.5 Å². The third-order valence-electron chi connectivity index (χ3n) is 2.55. The Labute approximate surface area is 109 Å². The Morgan fingerprint density at radius 2 is 2.29 bits per heavy atom. The van der Waals surface area contributed by atoms with E-state index in [4.69, 9.17) is 11.6 Å². The van der Waals surface area contributed by atoms with Gasteiger partial charge in [-0.15, -0.1) is 0 Å². The Balaban J connectivity index is 2.43. The van der Waals surface area contributed by atoms with Crippen LogP contribution in [0.5, 0.6) is 0 Å². The molecule has 0 fully saturated rings. The number of aromatic nitrogens is 2. The fourth-order valence-electron chi connectivity index (χ4n) is 1.69. The molecule has 0 aliphatic carbocycles. The highest BCUT2D eigenvalue weighted by molar-refractivity contribution is 7.08. The molecule has 2 heterocycles. The minimum Gasteiger partial charge on any atom is -0.287 e. The van der Waals surface area contributed by atoms with Crippen molar-refractivity contribution in [2.75, 3.05) is 0 Å². The monoisotopic (exact) mass is 268 g/mol. The topological polar surface area (TPSA) is 34.9 Å². The predicted octanol–water partition coefficient (Wildman–Crippen LogP) is 3.55. The van der Waals surface area contributed by atoms with Gasteiger partial charge < -0.3 is 0 Å². The Morgan fingerprint density at radius 3 is 2.88 bits per heavy atom. The zero-order valence-electron chi connectivity index (χ0n) is 9.74. The standard InChI is InChI=1S/C12H13ClN2OS/c1-3-4-15-11(10(13)5-14-15)12(16)9-7-17-6-8(9)2/h5-7H,3-4H2,1-2H3. The zero-order valence-corrected chi connectivity index (χ0v) is 11.3. The van der Waals surface area contributed by atoms with E-state index in [9.17, 15) is 4.79 Å². The lowest BCUT2D eigenvalue weighted by Crippen LogP contribution is -2.12. The Kier molecular flexibility index (Phi) is 3.64. The van der Waals surface area contributed by atoms with Gasteiger partial charge in [-0.25, -0.2) is 0 Å². The first-order chi connectivity index (χ1) is 8.15. The van der Waals surface area contributed by atoms with Crippen LogP contribution in [0.15, 0.2) is 17.0 Å². The maximum absolute atomic E-state index is 12.4. The van der Waals surface area contributed by atoms with Crippen molar-refractivity contribution in [2.45, 2.75) is 26.8 Å². The van der Waals surface area contributed by atoms with Crippen molar-refractivity contribution < 1.29 is 4.79 Å². The van der Waals surface area contributed by atoms with Gasteiger partial charge in [0, 0.05) is 17.5 Å². The van der Waals surface area contributed by atoms with Crippen LogP contribution in [-0.4, -0.2) is 15.6 Å². The Bertz CT molecular complexity index is 544. The summed E-state index contributed by atoms with van der Waals surface area (Å²) in [5.41, 5.74) is 2.20. The first kappa shape index (κ1) is 12.3. The van der Waals surface area contributed by atoms with Crippen LogP contribution in [0, 0.1) is 6.92 Å². The van der Waals surface area contributed by atoms with Crippen molar-refractivity contribution in [2.24, 2.45) is 0 Å². The normalized spacial score (nSPS) is 10.8. The summed E-state index contributed by atoms with van der Waals surface area (Å²) >= 11 is 7.57. The van der Waals surface area contributed by atoms with Crippen LogP contribution < -0.4 is 0 Å². The predicted molar refractivity (Wildman–Crippen MR) is 70.0 cm³/mol. The summed E-state index contributed by atoms with van der Waals surface area (Å²) in [4.78, 5) is 12.4. The largest absolute Gasteiger partial charge is 0.287 e. The molecule has 2 rings (SSSR count). The summed E-state index contributed by atoms with van der Waals surface area (Å²) in [6, 6.07) is 0. The van der Waals surface area contributed by atoms with E-state index in [-0.39, 0.29) is 5.78 Å². The molecule has 0 atom stereocenters. The van der Waals surface area contributed by atoms with Gasteiger partial charge in [-0.1, -0.05) is 18.5 Å². The molecule has 0 saturated heterocycles. The molecule has 2 aromatic heterocycles. The van der Waals surface area contributed by atoms with E-state index in [1.807, 2.05) is 24.6 Å². The fourth-order valence-corrected chi connectivity index (χ4v) is 2.75. The van der Waals surface area contributed by atoms with Crippen LogP contribution >= 0.6 is 22.9 Å². The van der Waals surface area contributed by atoms with E-state index in [2.05, 4.69) is 5.10 Å². The molecular weight excluding hydrogens is 256 g/mol. The molecule has 90 valence electrons. The molecule has 0 aliphatic heterocycles. The van der Waals surface area contributed by atoms with E-state index in [1.165, 1.54) is 17.5 Å². The molecule has 0 spiro atoms. The summed E-state index contributed by atoms with van der Waals surface area (Å²) in [5, 5.41) is 8.38. The van der Waals surface area contributed by atoms with Crippen LogP contribution in [0.25, 0.3) is 0 Å². The van der Waals surface area contributed by atoms with E-state index < -0.39 is 0 Å². The van der Waals surface area contributed by atoms with Gasteiger partial charge in [0.2, 0.25) is 5.78 Å². The average molecular weight is 269 g/mol. The minimum absolute atomic E-state index is 0.0419. The molecule has 3 nitrogen and oxygen atoms in total. The summed E-state index contributed by atoms with van der Waals surface area (Å²) in [6.07, 6.45) is 2.45. The average Bonchev–Trinajstić information content (AvgIpc) is 2.86. The van der Waals surface area contributed by atoms with Gasteiger partial charge in [0.25, 0.3) is 0 Å². The molecule has 5 heteroatoms. The van der Waals surface area contributed by atoms with Crippen molar-refractivity contribution in [1.82, 2.24) is 9.78 Å². The van der Waals surface area contributed by atoms with E-state index in [0.29, 0.717) is 17.3 Å². The van der Waals surface area contributed by atoms with Gasteiger partial charge in [0.15, 0.2) is 0 Å². The highest BCUT2D eigenvalue weighted by Crippen LogP contribution is 2.23. The minimum atomic E-state index is -0.0419. The van der Waals surface area contributed by atoms with Gasteiger partial charge in [-0.2, -0.15) is 16.4 Å². The number of hydrogen-bond acceptors (Lipinski definition) is 3. The smallest absolute Gasteiger partial charge is 0.213 e. The molecule has 0 N–H and O–H groups in total. The van der Waals surface area contributed by atoms with Crippen LogP contribution in [0.3, 0.4) is 0 Å². The van der Waals surface area contributed by atoms with Gasteiger partial charge >= 0.3 is 0 Å². The lowest BCUT2D eigenvalue weighted by molar-refractivity contribution is 0.102. The van der Waals surface area contributed by atoms with Crippen molar-refractivity contribution in [3.05, 3.63) is 38.8 Å². The number of thiophene rings is 1. The van der Waals surface area contributed by atoms with Crippen molar-refractivity contribution >= 4 is 28.7 Å². The molecule has 0 aliphatic rings. The molecule has 0 unspecified atom stereocenters. The lowest BCUT2D eigenvalue weighted by atomic mass is 10.1. The molecular formula is C12H13ClN2OS. The third kappa shape index (κ3) is 2.28. The van der Waals surface area contributed by atoms with Crippen molar-refractivity contribution in [3.8, 4) is 0 Å². The zero-order chi connectivity index (χ0) is 12.4. The number of aryl methyl sites for hydroxylation is 2. The molecule has 0 bridgehead atoms. The highest BCUT2D eigenvalue weighted by Gasteiger charge is 2.20. The first-order valence-electron chi connectivity index (χ1n) is 5.44. The maximum Gasteiger partial charge on any atom is 0.213 e. The number of halogens is 1. The van der Waals surface area contributed by atoms with Gasteiger partial charge in [-0.05, 0) is 24.3 Å². The molecule has 0 radical (unpaired) electrons. The van der Waals surface area contributed by atoms with Gasteiger partial charge in [0.1, 0.15) is 5.69 Å². The fraction of sp³-hybridized carbons (Fsp3) is 0.333. The molecule has 2 aromatic rings. The molecule has 17 heavy (non-hydrogen) atoms. The number of hydrogen-bond donors (Lipinski definition) is 0. The number of rotatable bonds is 4. The Hall–Kier alpha value is -1.13. The number of ketones is 1. The quantitative estimate of drug-likeness (QED) is 0.795. The maximum atomic E-state index is 12.4. The highest BCUT2D eigenvalue weighted by atomic mass is 35.5. The second kappa shape index (κ2) is 5.02.